The zero-order chi connectivity index (χ0) is 10.8. The molecule has 0 aromatic carbocycles. The third-order valence-corrected chi connectivity index (χ3v) is 2.22. The van der Waals surface area contributed by atoms with Crippen LogP contribution in [0.25, 0.3) is 0 Å². The van der Waals surface area contributed by atoms with Crippen LogP contribution in [-0.4, -0.2) is 28.6 Å². The number of hydrogen-bond acceptors (Lipinski definition) is 4. The van der Waals surface area contributed by atoms with Gasteiger partial charge < -0.3 is 19.7 Å². The molecule has 82 valence electrons. The number of aliphatic hydroxyl groups is 2. The maximum Gasteiger partial charge on any atom is 0.209 e. The van der Waals surface area contributed by atoms with Gasteiger partial charge in [-0.2, -0.15) is 0 Å². The standard InChI is InChI=1S/C10H18O4/c1-7(2)5-4-6-10(3)13-8(11)9(12)14-10/h8-9,11-12H,1,4-6H2,2-3H3. The van der Waals surface area contributed by atoms with Gasteiger partial charge in [-0.25, -0.2) is 0 Å². The predicted octanol–water partition coefficient (Wildman–Crippen LogP) is 1.13. The van der Waals surface area contributed by atoms with Crippen LogP contribution >= 0.6 is 0 Å². The van der Waals surface area contributed by atoms with Crippen LogP contribution in [-0.2, 0) is 9.47 Å². The first kappa shape index (κ1) is 11.7. The van der Waals surface area contributed by atoms with Crippen LogP contribution < -0.4 is 0 Å². The van der Waals surface area contributed by atoms with E-state index < -0.39 is 18.4 Å². The zero-order valence-corrected chi connectivity index (χ0v) is 8.69. The van der Waals surface area contributed by atoms with Gasteiger partial charge in [0.1, 0.15) is 0 Å². The Balaban J connectivity index is 2.33. The fraction of sp³-hybridized carbons (Fsp3) is 0.800. The van der Waals surface area contributed by atoms with Crippen LogP contribution in [0.2, 0.25) is 0 Å². The van der Waals surface area contributed by atoms with Crippen LogP contribution in [0.15, 0.2) is 12.2 Å². The van der Waals surface area contributed by atoms with Crippen molar-refractivity contribution in [2.24, 2.45) is 0 Å². The van der Waals surface area contributed by atoms with Crippen molar-refractivity contribution in [3.05, 3.63) is 12.2 Å². The lowest BCUT2D eigenvalue weighted by molar-refractivity contribution is -0.197. The molecule has 0 aliphatic carbocycles. The molecule has 1 aliphatic rings. The smallest absolute Gasteiger partial charge is 0.209 e. The van der Waals surface area contributed by atoms with E-state index in [-0.39, 0.29) is 0 Å². The summed E-state index contributed by atoms with van der Waals surface area (Å²) >= 11 is 0. The number of allylic oxidation sites excluding steroid dienone is 1. The van der Waals surface area contributed by atoms with Crippen molar-refractivity contribution in [2.75, 3.05) is 0 Å². The minimum Gasteiger partial charge on any atom is -0.364 e. The second-order valence-corrected chi connectivity index (χ2v) is 3.96. The van der Waals surface area contributed by atoms with Crippen molar-refractivity contribution in [1.82, 2.24) is 0 Å². The van der Waals surface area contributed by atoms with Crippen molar-refractivity contribution in [3.63, 3.8) is 0 Å². The Hall–Kier alpha value is -0.420. The van der Waals surface area contributed by atoms with Gasteiger partial charge in [0, 0.05) is 6.42 Å². The van der Waals surface area contributed by atoms with E-state index in [1.165, 1.54) is 0 Å². The van der Waals surface area contributed by atoms with E-state index >= 15 is 0 Å². The van der Waals surface area contributed by atoms with E-state index in [0.717, 1.165) is 18.4 Å². The molecule has 4 heteroatoms. The molecule has 2 N–H and O–H groups in total. The van der Waals surface area contributed by atoms with Crippen molar-refractivity contribution in [2.45, 2.75) is 51.5 Å². The minimum atomic E-state index is -1.23. The highest BCUT2D eigenvalue weighted by atomic mass is 16.8. The molecule has 0 amide bonds. The monoisotopic (exact) mass is 202 g/mol. The SMILES string of the molecule is C=C(C)CCCC1(C)OC(O)C(O)O1. The largest absolute Gasteiger partial charge is 0.364 e. The van der Waals surface area contributed by atoms with Crippen LogP contribution in [0.5, 0.6) is 0 Å². The highest BCUT2D eigenvalue weighted by Crippen LogP contribution is 2.31. The lowest BCUT2D eigenvalue weighted by Crippen LogP contribution is -2.26. The molecule has 1 saturated heterocycles. The molecule has 0 radical (unpaired) electrons. The van der Waals surface area contributed by atoms with E-state index in [1.807, 2.05) is 6.92 Å². The van der Waals surface area contributed by atoms with Crippen LogP contribution in [0.4, 0.5) is 0 Å². The normalized spacial score (nSPS) is 37.4. The second-order valence-electron chi connectivity index (χ2n) is 3.96. The van der Waals surface area contributed by atoms with E-state index in [2.05, 4.69) is 6.58 Å². The molecule has 1 aliphatic heterocycles. The lowest BCUT2D eigenvalue weighted by atomic mass is 10.1. The summed E-state index contributed by atoms with van der Waals surface area (Å²) in [6.07, 6.45) is -0.0667. The molecule has 1 heterocycles. The van der Waals surface area contributed by atoms with Gasteiger partial charge in [0.15, 0.2) is 5.79 Å². The summed E-state index contributed by atoms with van der Waals surface area (Å²) in [5.74, 6) is -0.867. The molecule has 1 fully saturated rings. The van der Waals surface area contributed by atoms with E-state index in [9.17, 15) is 0 Å². The van der Waals surface area contributed by atoms with Crippen molar-refractivity contribution >= 4 is 0 Å². The Morgan fingerprint density at radius 3 is 2.29 bits per heavy atom. The molecule has 0 saturated carbocycles. The van der Waals surface area contributed by atoms with E-state index in [0.29, 0.717) is 6.42 Å². The summed E-state index contributed by atoms with van der Waals surface area (Å²) < 4.78 is 10.2. The number of hydrogen-bond donors (Lipinski definition) is 2. The van der Waals surface area contributed by atoms with Crippen LogP contribution in [0.1, 0.15) is 33.1 Å². The molecule has 14 heavy (non-hydrogen) atoms. The molecular weight excluding hydrogens is 184 g/mol. The third kappa shape index (κ3) is 3.06. The summed E-state index contributed by atoms with van der Waals surface area (Å²) in [7, 11) is 0. The molecular formula is C10H18O4. The van der Waals surface area contributed by atoms with Gasteiger partial charge in [-0.05, 0) is 26.7 Å². The van der Waals surface area contributed by atoms with Crippen LogP contribution in [0, 0.1) is 0 Å². The Morgan fingerprint density at radius 2 is 1.86 bits per heavy atom. The average Bonchev–Trinajstić information content (AvgIpc) is 2.25. The number of aliphatic hydroxyl groups excluding tert-OH is 2. The summed E-state index contributed by atoms with van der Waals surface area (Å²) in [4.78, 5) is 0. The van der Waals surface area contributed by atoms with Gasteiger partial charge in [0.2, 0.25) is 12.6 Å². The van der Waals surface area contributed by atoms with Crippen molar-refractivity contribution in [1.29, 1.82) is 0 Å². The Labute approximate surface area is 84.1 Å². The Kier molecular flexibility index (Phi) is 3.66. The van der Waals surface area contributed by atoms with Gasteiger partial charge >= 0.3 is 0 Å². The van der Waals surface area contributed by atoms with E-state index in [4.69, 9.17) is 19.7 Å². The van der Waals surface area contributed by atoms with Crippen LogP contribution in [0.3, 0.4) is 0 Å². The fourth-order valence-electron chi connectivity index (χ4n) is 1.48. The molecule has 1 rings (SSSR count). The summed E-state index contributed by atoms with van der Waals surface area (Å²) in [5, 5.41) is 18.3. The average molecular weight is 202 g/mol. The zero-order valence-electron chi connectivity index (χ0n) is 8.69. The number of ether oxygens (including phenoxy) is 2. The molecule has 2 atom stereocenters. The number of rotatable bonds is 4. The van der Waals surface area contributed by atoms with Gasteiger partial charge in [0.25, 0.3) is 0 Å². The van der Waals surface area contributed by atoms with Gasteiger partial charge in [-0.3, -0.25) is 0 Å². The topological polar surface area (TPSA) is 58.9 Å². The molecule has 0 spiro atoms. The third-order valence-electron chi connectivity index (χ3n) is 2.22. The molecule has 2 unspecified atom stereocenters. The van der Waals surface area contributed by atoms with Gasteiger partial charge in [-0.1, -0.05) is 5.57 Å². The first-order chi connectivity index (χ1) is 6.43. The minimum absolute atomic E-state index is 0.633. The highest BCUT2D eigenvalue weighted by Gasteiger charge is 2.42. The second kappa shape index (κ2) is 4.40. The molecule has 0 bridgehead atoms. The molecule has 0 aromatic heterocycles. The first-order valence-electron chi connectivity index (χ1n) is 4.79. The molecule has 4 nitrogen and oxygen atoms in total. The fourth-order valence-corrected chi connectivity index (χ4v) is 1.48. The van der Waals surface area contributed by atoms with Crippen molar-refractivity contribution < 1.29 is 19.7 Å². The highest BCUT2D eigenvalue weighted by molar-refractivity contribution is 4.88. The maximum absolute atomic E-state index is 9.13. The lowest BCUT2D eigenvalue weighted by Gasteiger charge is -2.21. The summed E-state index contributed by atoms with van der Waals surface area (Å²) in [6.45, 7) is 7.47. The maximum atomic E-state index is 9.13. The van der Waals surface area contributed by atoms with Crippen molar-refractivity contribution in [3.8, 4) is 0 Å². The molecule has 0 aromatic rings. The Bertz CT molecular complexity index is 204. The first-order valence-corrected chi connectivity index (χ1v) is 4.79. The summed E-state index contributed by atoms with van der Waals surface area (Å²) in [6, 6.07) is 0. The quantitative estimate of drug-likeness (QED) is 0.671. The Morgan fingerprint density at radius 1 is 1.36 bits per heavy atom. The summed E-state index contributed by atoms with van der Waals surface area (Å²) in [5.41, 5.74) is 1.10. The van der Waals surface area contributed by atoms with Gasteiger partial charge in [0.05, 0.1) is 0 Å². The predicted molar refractivity (Wildman–Crippen MR) is 51.3 cm³/mol. The van der Waals surface area contributed by atoms with E-state index in [1.54, 1.807) is 6.92 Å². The van der Waals surface area contributed by atoms with Gasteiger partial charge in [-0.15, -0.1) is 6.58 Å².